The molecule has 2 rings (SSSR count). The molecule has 1 atom stereocenters. The van der Waals surface area contributed by atoms with Crippen molar-refractivity contribution >= 4 is 27.5 Å². The molecule has 0 aliphatic heterocycles. The van der Waals surface area contributed by atoms with Crippen molar-refractivity contribution in [1.29, 1.82) is 0 Å². The highest BCUT2D eigenvalue weighted by molar-refractivity contribution is 7.92. The fourth-order valence-corrected chi connectivity index (χ4v) is 4.71. The average Bonchev–Trinajstić information content (AvgIpc) is 2.83. The monoisotopic (exact) mass is 519 g/mol. The van der Waals surface area contributed by atoms with E-state index in [1.165, 1.54) is 15.3 Å². The van der Waals surface area contributed by atoms with Gasteiger partial charge in [0.25, 0.3) is 0 Å². The first kappa shape index (κ1) is 29.3. The minimum Gasteiger partial charge on any atom is -0.354 e. The minimum atomic E-state index is -3.56. The maximum absolute atomic E-state index is 14.4. The maximum atomic E-state index is 14.4. The Kier molecular flexibility index (Phi) is 10.9. The van der Waals surface area contributed by atoms with Gasteiger partial charge in [0.2, 0.25) is 21.8 Å². The van der Waals surface area contributed by atoms with Crippen molar-refractivity contribution in [3.05, 3.63) is 65.5 Å². The third-order valence-corrected chi connectivity index (χ3v) is 7.13. The van der Waals surface area contributed by atoms with Crippen LogP contribution in [0.25, 0.3) is 0 Å². The van der Waals surface area contributed by atoms with Gasteiger partial charge < -0.3 is 10.2 Å². The average molecular weight is 520 g/mol. The Hall–Kier alpha value is -2.94. The van der Waals surface area contributed by atoms with Crippen LogP contribution >= 0.6 is 0 Å². The first-order valence-electron chi connectivity index (χ1n) is 12.3. The largest absolute Gasteiger partial charge is 0.354 e. The molecule has 0 heterocycles. The van der Waals surface area contributed by atoms with Crippen molar-refractivity contribution in [2.75, 3.05) is 23.7 Å². The minimum absolute atomic E-state index is 0.00924. The first-order chi connectivity index (χ1) is 16.9. The molecule has 0 unspecified atom stereocenters. The van der Waals surface area contributed by atoms with Gasteiger partial charge in [-0.2, -0.15) is 0 Å². The third-order valence-electron chi connectivity index (χ3n) is 5.94. The number of halogens is 1. The Bertz CT molecular complexity index is 1120. The quantitative estimate of drug-likeness (QED) is 0.431. The zero-order valence-corrected chi connectivity index (χ0v) is 22.6. The maximum Gasteiger partial charge on any atom is 0.242 e. The van der Waals surface area contributed by atoms with Crippen molar-refractivity contribution in [3.8, 4) is 0 Å². The first-order valence-corrected chi connectivity index (χ1v) is 14.2. The topological polar surface area (TPSA) is 86.8 Å². The van der Waals surface area contributed by atoms with E-state index in [1.807, 2.05) is 32.9 Å². The van der Waals surface area contributed by atoms with E-state index in [1.54, 1.807) is 37.3 Å². The Morgan fingerprint density at radius 2 is 1.67 bits per heavy atom. The molecule has 9 heteroatoms. The van der Waals surface area contributed by atoms with E-state index in [4.69, 9.17) is 0 Å². The summed E-state index contributed by atoms with van der Waals surface area (Å²) in [5.41, 5.74) is 1.94. The van der Waals surface area contributed by atoms with Crippen LogP contribution in [-0.4, -0.2) is 50.5 Å². The lowest BCUT2D eigenvalue weighted by molar-refractivity contribution is -0.140. The fraction of sp³-hybridized carbons (Fsp3) is 0.481. The third kappa shape index (κ3) is 8.62. The summed E-state index contributed by atoms with van der Waals surface area (Å²) in [6.07, 6.45) is 2.23. The van der Waals surface area contributed by atoms with Gasteiger partial charge in [0.15, 0.2) is 0 Å². The Balaban J connectivity index is 2.16. The zero-order chi connectivity index (χ0) is 26.9. The molecule has 0 saturated carbocycles. The van der Waals surface area contributed by atoms with Crippen molar-refractivity contribution in [2.24, 2.45) is 5.92 Å². The molecule has 0 fully saturated rings. The molecule has 0 aliphatic carbocycles. The van der Waals surface area contributed by atoms with Crippen molar-refractivity contribution in [1.82, 2.24) is 10.2 Å². The number of hydrogen-bond donors (Lipinski definition) is 1. The molecular weight excluding hydrogens is 481 g/mol. The number of amides is 2. The number of anilines is 1. The SMILES string of the molecule is CCc1ccc(N(CCCC(=O)N(Cc2ccccc2F)[C@@H](C)C(=O)NCC(C)C)S(C)(=O)=O)cc1. The number of benzene rings is 2. The number of hydrogen-bond acceptors (Lipinski definition) is 4. The summed E-state index contributed by atoms with van der Waals surface area (Å²) in [5.74, 6) is -0.878. The normalized spacial score (nSPS) is 12.3. The summed E-state index contributed by atoms with van der Waals surface area (Å²) in [6, 6.07) is 12.6. The molecule has 7 nitrogen and oxygen atoms in total. The number of nitrogens with one attached hydrogen (secondary N) is 1. The molecule has 2 amide bonds. The number of aryl methyl sites for hydroxylation is 1. The van der Waals surface area contributed by atoms with Crippen LogP contribution in [-0.2, 0) is 32.6 Å². The highest BCUT2D eigenvalue weighted by Crippen LogP contribution is 2.20. The molecule has 2 aromatic rings. The highest BCUT2D eigenvalue weighted by atomic mass is 32.2. The van der Waals surface area contributed by atoms with Gasteiger partial charge >= 0.3 is 0 Å². The van der Waals surface area contributed by atoms with Crippen LogP contribution in [0, 0.1) is 11.7 Å². The van der Waals surface area contributed by atoms with Crippen molar-refractivity contribution in [2.45, 2.75) is 59.5 Å². The zero-order valence-electron chi connectivity index (χ0n) is 21.8. The summed E-state index contributed by atoms with van der Waals surface area (Å²) in [6.45, 7) is 8.09. The van der Waals surface area contributed by atoms with E-state index in [2.05, 4.69) is 5.32 Å². The molecular formula is C27H38FN3O4S. The lowest BCUT2D eigenvalue weighted by Gasteiger charge is -2.29. The van der Waals surface area contributed by atoms with E-state index in [0.717, 1.165) is 18.2 Å². The molecule has 0 aliphatic rings. The fourth-order valence-electron chi connectivity index (χ4n) is 3.75. The highest BCUT2D eigenvalue weighted by Gasteiger charge is 2.27. The van der Waals surface area contributed by atoms with E-state index >= 15 is 0 Å². The van der Waals surface area contributed by atoms with Crippen LogP contribution in [0.1, 0.15) is 51.7 Å². The van der Waals surface area contributed by atoms with Gasteiger partial charge in [-0.25, -0.2) is 12.8 Å². The van der Waals surface area contributed by atoms with Crippen LogP contribution in [0.3, 0.4) is 0 Å². The lowest BCUT2D eigenvalue weighted by Crippen LogP contribution is -2.48. The number of carbonyl (C=O) groups excluding carboxylic acids is 2. The standard InChI is InChI=1S/C27H38FN3O4S/c1-6-22-13-15-24(16-14-22)31(36(5,34)35)17-9-12-26(32)30(19-23-10-7-8-11-25(23)28)21(4)27(33)29-18-20(2)3/h7-8,10-11,13-16,20-21H,6,9,12,17-19H2,1-5H3,(H,29,33)/t21-/m0/s1. The Labute approximate surface area is 214 Å². The van der Waals surface area contributed by atoms with Crippen molar-refractivity contribution in [3.63, 3.8) is 0 Å². The van der Waals surface area contributed by atoms with Crippen LogP contribution in [0.2, 0.25) is 0 Å². The van der Waals surface area contributed by atoms with E-state index in [0.29, 0.717) is 17.8 Å². The lowest BCUT2D eigenvalue weighted by atomic mass is 10.1. The number of rotatable bonds is 13. The second-order valence-electron chi connectivity index (χ2n) is 9.39. The van der Waals surface area contributed by atoms with Crippen LogP contribution in [0.5, 0.6) is 0 Å². The summed E-state index contributed by atoms with van der Waals surface area (Å²) in [4.78, 5) is 27.3. The molecule has 198 valence electrons. The summed E-state index contributed by atoms with van der Waals surface area (Å²) in [5, 5.41) is 2.83. The molecule has 0 aromatic heterocycles. The van der Waals surface area contributed by atoms with Crippen LogP contribution < -0.4 is 9.62 Å². The van der Waals surface area contributed by atoms with Gasteiger partial charge in [-0.05, 0) is 49.4 Å². The van der Waals surface area contributed by atoms with E-state index < -0.39 is 21.9 Å². The number of nitrogens with zero attached hydrogens (tertiary/aromatic N) is 2. The summed E-state index contributed by atoms with van der Waals surface area (Å²) >= 11 is 0. The predicted octanol–water partition coefficient (Wildman–Crippen LogP) is 4.12. The van der Waals surface area contributed by atoms with Crippen LogP contribution in [0.4, 0.5) is 10.1 Å². The molecule has 0 bridgehead atoms. The Morgan fingerprint density at radius 1 is 1.03 bits per heavy atom. The summed E-state index contributed by atoms with van der Waals surface area (Å²) < 4.78 is 40.5. The molecule has 36 heavy (non-hydrogen) atoms. The predicted molar refractivity (Wildman–Crippen MR) is 142 cm³/mol. The van der Waals surface area contributed by atoms with Gasteiger partial charge in [0, 0.05) is 31.6 Å². The molecule has 1 N–H and O–H groups in total. The van der Waals surface area contributed by atoms with Crippen LogP contribution in [0.15, 0.2) is 48.5 Å². The molecule has 0 radical (unpaired) electrons. The second-order valence-corrected chi connectivity index (χ2v) is 11.3. The molecule has 0 saturated heterocycles. The molecule has 0 spiro atoms. The van der Waals surface area contributed by atoms with Crippen molar-refractivity contribution < 1.29 is 22.4 Å². The van der Waals surface area contributed by atoms with Gasteiger partial charge in [-0.3, -0.25) is 13.9 Å². The second kappa shape index (κ2) is 13.4. The van der Waals surface area contributed by atoms with E-state index in [9.17, 15) is 22.4 Å². The number of sulfonamides is 1. The smallest absolute Gasteiger partial charge is 0.242 e. The molecule has 2 aromatic carbocycles. The van der Waals surface area contributed by atoms with Gasteiger partial charge in [0.1, 0.15) is 11.9 Å². The van der Waals surface area contributed by atoms with Gasteiger partial charge in [0.05, 0.1) is 11.9 Å². The van der Waals surface area contributed by atoms with Gasteiger partial charge in [-0.15, -0.1) is 0 Å². The number of carbonyl (C=O) groups is 2. The van der Waals surface area contributed by atoms with E-state index in [-0.39, 0.29) is 43.7 Å². The Morgan fingerprint density at radius 3 is 2.22 bits per heavy atom. The summed E-state index contributed by atoms with van der Waals surface area (Å²) in [7, 11) is -3.56. The van der Waals surface area contributed by atoms with Gasteiger partial charge in [-0.1, -0.05) is 51.1 Å².